The number of nitrogens with one attached hydrogen (secondary N) is 1. The molecule has 0 saturated carbocycles. The van der Waals surface area contributed by atoms with Gasteiger partial charge in [0.1, 0.15) is 0 Å². The first kappa shape index (κ1) is 15.4. The van der Waals surface area contributed by atoms with E-state index in [1.165, 1.54) is 5.56 Å². The minimum absolute atomic E-state index is 0.0348. The molecule has 2 aromatic rings. The lowest BCUT2D eigenvalue weighted by Crippen LogP contribution is -2.43. The topological polar surface area (TPSA) is 76.2 Å². The van der Waals surface area contributed by atoms with E-state index in [0.29, 0.717) is 0 Å². The molecule has 4 rings (SSSR count). The Bertz CT molecular complexity index is 755. The van der Waals surface area contributed by atoms with Crippen LogP contribution in [0.2, 0.25) is 0 Å². The number of nitrogens with two attached hydrogens (primary N) is 1. The van der Waals surface area contributed by atoms with Crippen LogP contribution in [-0.4, -0.2) is 45.8 Å². The van der Waals surface area contributed by atoms with E-state index in [1.54, 1.807) is 4.68 Å². The van der Waals surface area contributed by atoms with Gasteiger partial charge in [-0.15, -0.1) is 0 Å². The van der Waals surface area contributed by atoms with Crippen molar-refractivity contribution in [3.05, 3.63) is 47.8 Å². The molecule has 0 radical (unpaired) electrons. The van der Waals surface area contributed by atoms with Gasteiger partial charge in [-0.3, -0.25) is 14.4 Å². The van der Waals surface area contributed by atoms with Crippen LogP contribution in [-0.2, 0) is 18.3 Å². The van der Waals surface area contributed by atoms with E-state index < -0.39 is 0 Å². The lowest BCUT2D eigenvalue weighted by atomic mass is 9.98. The van der Waals surface area contributed by atoms with E-state index >= 15 is 0 Å². The van der Waals surface area contributed by atoms with E-state index in [-0.39, 0.29) is 23.9 Å². The standard InChI is InChI=1S/C18H23N5O/c1-22-9-13(8-20-22)14-10-23(11-15(14)19)17-7-6-12-4-2-3-5-16(12)21-18(17)24/h2-5,8-9,14-15,17H,6-7,10-11,19H2,1H3,(H,21,24)/t14-,15+,17?/m0/s1. The highest BCUT2D eigenvalue weighted by atomic mass is 16.2. The SMILES string of the molecule is Cn1cc([C@@H]2CN(C3CCc4ccccc4NC3=O)C[C@H]2N)cn1. The summed E-state index contributed by atoms with van der Waals surface area (Å²) in [5, 5.41) is 7.34. The first-order chi connectivity index (χ1) is 11.6. The van der Waals surface area contributed by atoms with Gasteiger partial charge in [0.2, 0.25) is 5.91 Å². The third-order valence-electron chi connectivity index (χ3n) is 5.25. The Morgan fingerprint density at radius 2 is 2.12 bits per heavy atom. The number of carbonyl (C=O) groups is 1. The van der Waals surface area contributed by atoms with E-state index in [4.69, 9.17) is 5.73 Å². The number of nitrogens with zero attached hydrogens (tertiary/aromatic N) is 3. The van der Waals surface area contributed by atoms with Gasteiger partial charge in [0, 0.05) is 44.0 Å². The summed E-state index contributed by atoms with van der Waals surface area (Å²) in [7, 11) is 1.91. The second kappa shape index (κ2) is 6.03. The van der Waals surface area contributed by atoms with Crippen LogP contribution >= 0.6 is 0 Å². The van der Waals surface area contributed by atoms with Crippen molar-refractivity contribution in [1.82, 2.24) is 14.7 Å². The number of likely N-dealkylation sites (tertiary alicyclic amines) is 1. The summed E-state index contributed by atoms with van der Waals surface area (Å²) in [6.07, 6.45) is 5.65. The molecule has 2 aliphatic rings. The maximum atomic E-state index is 12.7. The minimum atomic E-state index is -0.120. The predicted molar refractivity (Wildman–Crippen MR) is 92.7 cm³/mol. The molecule has 0 aliphatic carbocycles. The number of aromatic nitrogens is 2. The summed E-state index contributed by atoms with van der Waals surface area (Å²) in [6, 6.07) is 7.97. The summed E-state index contributed by atoms with van der Waals surface area (Å²) in [5.41, 5.74) is 9.68. The predicted octanol–water partition coefficient (Wildman–Crippen LogP) is 1.10. The Labute approximate surface area is 141 Å². The highest BCUT2D eigenvalue weighted by Gasteiger charge is 2.38. The van der Waals surface area contributed by atoms with E-state index in [1.807, 2.05) is 37.6 Å². The van der Waals surface area contributed by atoms with E-state index in [0.717, 1.165) is 37.2 Å². The van der Waals surface area contributed by atoms with Crippen molar-refractivity contribution in [3.8, 4) is 0 Å². The first-order valence-corrected chi connectivity index (χ1v) is 8.49. The van der Waals surface area contributed by atoms with Crippen LogP contribution in [0.1, 0.15) is 23.5 Å². The van der Waals surface area contributed by atoms with Crippen molar-refractivity contribution < 1.29 is 4.79 Å². The molecule has 1 amide bonds. The maximum Gasteiger partial charge on any atom is 0.241 e. The number of rotatable bonds is 2. The molecular formula is C18H23N5O. The number of fused-ring (bicyclic) bond motifs is 1. The molecule has 3 atom stereocenters. The summed E-state index contributed by atoms with van der Waals surface area (Å²) in [4.78, 5) is 14.9. The van der Waals surface area contributed by atoms with Gasteiger partial charge in [0.25, 0.3) is 0 Å². The van der Waals surface area contributed by atoms with Crippen molar-refractivity contribution in [2.24, 2.45) is 12.8 Å². The van der Waals surface area contributed by atoms with Crippen molar-refractivity contribution in [2.45, 2.75) is 30.8 Å². The second-order valence-corrected chi connectivity index (χ2v) is 6.87. The van der Waals surface area contributed by atoms with Crippen molar-refractivity contribution in [1.29, 1.82) is 0 Å². The van der Waals surface area contributed by atoms with Crippen LogP contribution in [0.15, 0.2) is 36.7 Å². The third-order valence-corrected chi connectivity index (χ3v) is 5.25. The van der Waals surface area contributed by atoms with Gasteiger partial charge in [0.15, 0.2) is 0 Å². The van der Waals surface area contributed by atoms with E-state index in [2.05, 4.69) is 21.4 Å². The molecule has 0 bridgehead atoms. The smallest absolute Gasteiger partial charge is 0.241 e. The Balaban J connectivity index is 1.51. The van der Waals surface area contributed by atoms with Gasteiger partial charge in [0.05, 0.1) is 12.2 Å². The van der Waals surface area contributed by atoms with Gasteiger partial charge >= 0.3 is 0 Å². The van der Waals surface area contributed by atoms with E-state index in [9.17, 15) is 4.79 Å². The van der Waals surface area contributed by atoms with Crippen molar-refractivity contribution in [2.75, 3.05) is 18.4 Å². The van der Waals surface area contributed by atoms with Gasteiger partial charge in [-0.1, -0.05) is 18.2 Å². The average molecular weight is 325 g/mol. The highest BCUT2D eigenvalue weighted by Crippen LogP contribution is 2.31. The maximum absolute atomic E-state index is 12.7. The van der Waals surface area contributed by atoms with Crippen LogP contribution in [0.3, 0.4) is 0 Å². The normalized spacial score (nSPS) is 27.6. The largest absolute Gasteiger partial charge is 0.326 e. The molecule has 1 aromatic heterocycles. The highest BCUT2D eigenvalue weighted by molar-refractivity contribution is 5.96. The zero-order valence-electron chi connectivity index (χ0n) is 13.9. The lowest BCUT2D eigenvalue weighted by Gasteiger charge is -2.25. The molecule has 1 fully saturated rings. The molecule has 126 valence electrons. The monoisotopic (exact) mass is 325 g/mol. The summed E-state index contributed by atoms with van der Waals surface area (Å²) in [5.74, 6) is 0.316. The van der Waals surface area contributed by atoms with Crippen LogP contribution in [0.4, 0.5) is 5.69 Å². The fraction of sp³-hybridized carbons (Fsp3) is 0.444. The molecule has 0 spiro atoms. The van der Waals surface area contributed by atoms with Crippen LogP contribution in [0.25, 0.3) is 0 Å². The fourth-order valence-corrected chi connectivity index (χ4v) is 3.95. The van der Waals surface area contributed by atoms with Crippen LogP contribution < -0.4 is 11.1 Å². The number of hydrogen-bond acceptors (Lipinski definition) is 4. The number of benzene rings is 1. The zero-order valence-corrected chi connectivity index (χ0v) is 13.9. The molecule has 3 N–H and O–H groups in total. The molecule has 24 heavy (non-hydrogen) atoms. The fourth-order valence-electron chi connectivity index (χ4n) is 3.95. The van der Waals surface area contributed by atoms with Crippen molar-refractivity contribution in [3.63, 3.8) is 0 Å². The molecule has 1 unspecified atom stereocenters. The summed E-state index contributed by atoms with van der Waals surface area (Å²) >= 11 is 0. The summed E-state index contributed by atoms with van der Waals surface area (Å²) in [6.45, 7) is 1.55. The molecule has 1 saturated heterocycles. The average Bonchev–Trinajstić information content (AvgIpc) is 3.10. The minimum Gasteiger partial charge on any atom is -0.326 e. The number of carbonyl (C=O) groups excluding carboxylic acids is 1. The Kier molecular flexibility index (Phi) is 3.86. The Morgan fingerprint density at radius 1 is 1.29 bits per heavy atom. The molecule has 3 heterocycles. The van der Waals surface area contributed by atoms with Gasteiger partial charge in [-0.2, -0.15) is 5.10 Å². The lowest BCUT2D eigenvalue weighted by molar-refractivity contribution is -0.121. The number of para-hydroxylation sites is 1. The molecular weight excluding hydrogens is 302 g/mol. The van der Waals surface area contributed by atoms with Crippen molar-refractivity contribution >= 4 is 11.6 Å². The summed E-state index contributed by atoms with van der Waals surface area (Å²) < 4.78 is 1.81. The van der Waals surface area contributed by atoms with Gasteiger partial charge in [-0.05, 0) is 30.0 Å². The number of amides is 1. The van der Waals surface area contributed by atoms with Gasteiger partial charge in [-0.25, -0.2) is 0 Å². The Hall–Kier alpha value is -2.18. The molecule has 1 aromatic carbocycles. The Morgan fingerprint density at radius 3 is 2.92 bits per heavy atom. The number of aryl methyl sites for hydroxylation is 2. The molecule has 2 aliphatic heterocycles. The number of hydrogen-bond donors (Lipinski definition) is 2. The quantitative estimate of drug-likeness (QED) is 0.867. The number of anilines is 1. The second-order valence-electron chi connectivity index (χ2n) is 6.87. The molecule has 6 heteroatoms. The zero-order chi connectivity index (χ0) is 16.7. The van der Waals surface area contributed by atoms with Crippen LogP contribution in [0.5, 0.6) is 0 Å². The van der Waals surface area contributed by atoms with Crippen LogP contribution in [0, 0.1) is 0 Å². The molecule has 6 nitrogen and oxygen atoms in total. The van der Waals surface area contributed by atoms with Gasteiger partial charge < -0.3 is 11.1 Å². The first-order valence-electron chi connectivity index (χ1n) is 8.49. The third kappa shape index (κ3) is 2.72.